The van der Waals surface area contributed by atoms with Gasteiger partial charge in [-0.15, -0.1) is 0 Å². The second-order valence-electron chi connectivity index (χ2n) is 5.83. The first-order valence-electron chi connectivity index (χ1n) is 8.32. The average Bonchev–Trinajstić information content (AvgIpc) is 2.70. The molecule has 3 aromatic rings. The number of phenols is 1. The molecule has 0 bridgehead atoms. The van der Waals surface area contributed by atoms with Crippen LogP contribution in [0.15, 0.2) is 54.6 Å². The van der Waals surface area contributed by atoms with Crippen molar-refractivity contribution in [1.82, 2.24) is 0 Å². The molecule has 3 rings (SSSR count). The van der Waals surface area contributed by atoms with E-state index in [2.05, 4.69) is 0 Å². The first-order chi connectivity index (χ1) is 13.1. The van der Waals surface area contributed by atoms with E-state index in [9.17, 15) is 9.90 Å². The molecule has 0 saturated carbocycles. The van der Waals surface area contributed by atoms with Crippen molar-refractivity contribution in [3.8, 4) is 23.0 Å². The van der Waals surface area contributed by atoms with Crippen LogP contribution >= 0.6 is 0 Å². The number of methoxy groups -OCH3 is 3. The maximum Gasteiger partial charge on any atom is 0.189 e. The molecule has 0 radical (unpaired) electrons. The number of allylic oxidation sites excluding steroid dienone is 1. The molecule has 0 saturated heterocycles. The number of phenolic OH excluding ortho intramolecular Hbond substituents is 1. The van der Waals surface area contributed by atoms with Gasteiger partial charge in [-0.05, 0) is 41.1 Å². The van der Waals surface area contributed by atoms with Crippen LogP contribution in [0.5, 0.6) is 23.0 Å². The molecule has 0 aromatic heterocycles. The minimum absolute atomic E-state index is 0.133. The number of rotatable bonds is 6. The summed E-state index contributed by atoms with van der Waals surface area (Å²) in [7, 11) is 4.62. The Morgan fingerprint density at radius 3 is 2.41 bits per heavy atom. The second kappa shape index (κ2) is 7.83. The normalized spacial score (nSPS) is 10.9. The Labute approximate surface area is 157 Å². The first-order valence-corrected chi connectivity index (χ1v) is 8.32. The molecule has 0 aliphatic rings. The molecule has 5 nitrogen and oxygen atoms in total. The van der Waals surface area contributed by atoms with Crippen LogP contribution in [0.4, 0.5) is 0 Å². The van der Waals surface area contributed by atoms with E-state index in [0.717, 1.165) is 16.3 Å². The van der Waals surface area contributed by atoms with Crippen LogP contribution in [-0.4, -0.2) is 32.2 Å². The summed E-state index contributed by atoms with van der Waals surface area (Å²) in [4.78, 5) is 12.6. The van der Waals surface area contributed by atoms with Crippen molar-refractivity contribution < 1.29 is 24.1 Å². The van der Waals surface area contributed by atoms with Crippen LogP contribution in [0.1, 0.15) is 15.9 Å². The molecule has 0 spiro atoms. The number of hydrogen-bond acceptors (Lipinski definition) is 5. The van der Waals surface area contributed by atoms with Crippen LogP contribution in [0, 0.1) is 0 Å². The Kier molecular flexibility index (Phi) is 5.31. The Hall–Kier alpha value is -3.47. The van der Waals surface area contributed by atoms with Crippen molar-refractivity contribution in [3.63, 3.8) is 0 Å². The van der Waals surface area contributed by atoms with E-state index in [-0.39, 0.29) is 17.1 Å². The minimum atomic E-state index is -0.330. The van der Waals surface area contributed by atoms with Crippen molar-refractivity contribution in [3.05, 3.63) is 65.7 Å². The molecule has 5 heteroatoms. The molecular weight excluding hydrogens is 344 g/mol. The highest BCUT2D eigenvalue weighted by molar-refractivity contribution is 6.10. The number of ketones is 1. The predicted molar refractivity (Wildman–Crippen MR) is 105 cm³/mol. The molecule has 0 aliphatic carbocycles. The summed E-state index contributed by atoms with van der Waals surface area (Å²) in [5.41, 5.74) is 0.923. The zero-order valence-electron chi connectivity index (χ0n) is 15.4. The Balaban J connectivity index is 2.06. The molecule has 0 heterocycles. The third-order valence-corrected chi connectivity index (χ3v) is 4.30. The number of carbonyl (C=O) groups excluding carboxylic acids is 1. The van der Waals surface area contributed by atoms with Gasteiger partial charge < -0.3 is 19.3 Å². The lowest BCUT2D eigenvalue weighted by Gasteiger charge is -2.13. The highest BCUT2D eigenvalue weighted by Gasteiger charge is 2.14. The molecule has 1 N–H and O–H groups in total. The van der Waals surface area contributed by atoms with E-state index in [0.29, 0.717) is 17.2 Å². The quantitative estimate of drug-likeness (QED) is 0.516. The van der Waals surface area contributed by atoms with E-state index in [1.165, 1.54) is 25.3 Å². The van der Waals surface area contributed by atoms with Crippen molar-refractivity contribution in [1.29, 1.82) is 0 Å². The van der Waals surface area contributed by atoms with Gasteiger partial charge in [-0.25, -0.2) is 0 Å². The fourth-order valence-electron chi connectivity index (χ4n) is 2.95. The van der Waals surface area contributed by atoms with Crippen LogP contribution in [0.2, 0.25) is 0 Å². The number of ether oxygens (including phenoxy) is 3. The van der Waals surface area contributed by atoms with Gasteiger partial charge in [-0.2, -0.15) is 0 Å². The predicted octanol–water partition coefficient (Wildman–Crippen LogP) is 4.47. The Morgan fingerprint density at radius 1 is 0.963 bits per heavy atom. The van der Waals surface area contributed by atoms with Gasteiger partial charge in [0, 0.05) is 11.6 Å². The molecule has 3 aromatic carbocycles. The van der Waals surface area contributed by atoms with Crippen molar-refractivity contribution in [2.45, 2.75) is 0 Å². The van der Waals surface area contributed by atoms with Crippen molar-refractivity contribution in [2.75, 3.05) is 21.3 Å². The number of carbonyl (C=O) groups is 1. The number of aromatic hydroxyl groups is 1. The Morgan fingerprint density at radius 2 is 1.74 bits per heavy atom. The highest BCUT2D eigenvalue weighted by atomic mass is 16.5. The smallest absolute Gasteiger partial charge is 0.189 e. The van der Waals surface area contributed by atoms with E-state index in [1.54, 1.807) is 26.4 Å². The average molecular weight is 364 g/mol. The van der Waals surface area contributed by atoms with Gasteiger partial charge in [0.05, 0.1) is 26.9 Å². The molecule has 27 heavy (non-hydrogen) atoms. The summed E-state index contributed by atoms with van der Waals surface area (Å²) >= 11 is 0. The van der Waals surface area contributed by atoms with Crippen LogP contribution in [0.3, 0.4) is 0 Å². The Bertz CT molecular complexity index is 1020. The summed E-state index contributed by atoms with van der Waals surface area (Å²) in [5.74, 6) is 1.14. The lowest BCUT2D eigenvalue weighted by Crippen LogP contribution is -1.97. The topological polar surface area (TPSA) is 65.0 Å². The number of hydrogen-bond donors (Lipinski definition) is 1. The summed E-state index contributed by atoms with van der Waals surface area (Å²) in [5, 5.41) is 12.0. The van der Waals surface area contributed by atoms with Gasteiger partial charge in [0.1, 0.15) is 11.5 Å². The summed E-state index contributed by atoms with van der Waals surface area (Å²) < 4.78 is 16.0. The molecule has 0 unspecified atom stereocenters. The van der Waals surface area contributed by atoms with Crippen LogP contribution in [0.25, 0.3) is 16.8 Å². The highest BCUT2D eigenvalue weighted by Crippen LogP contribution is 2.38. The lowest BCUT2D eigenvalue weighted by atomic mass is 10.0. The largest absolute Gasteiger partial charge is 0.507 e. The van der Waals surface area contributed by atoms with Gasteiger partial charge in [0.2, 0.25) is 0 Å². The monoisotopic (exact) mass is 364 g/mol. The zero-order chi connectivity index (χ0) is 19.4. The first kappa shape index (κ1) is 18.3. The molecule has 0 aliphatic heterocycles. The number of fused-ring (bicyclic) bond motifs is 1. The third-order valence-electron chi connectivity index (χ3n) is 4.30. The maximum absolute atomic E-state index is 12.6. The molecule has 0 amide bonds. The van der Waals surface area contributed by atoms with Crippen molar-refractivity contribution >= 4 is 22.6 Å². The van der Waals surface area contributed by atoms with Crippen molar-refractivity contribution in [2.24, 2.45) is 0 Å². The lowest BCUT2D eigenvalue weighted by molar-refractivity contribution is 0.104. The minimum Gasteiger partial charge on any atom is -0.507 e. The van der Waals surface area contributed by atoms with Crippen LogP contribution in [-0.2, 0) is 0 Å². The molecule has 0 atom stereocenters. The maximum atomic E-state index is 12.6. The van der Waals surface area contributed by atoms with Crippen LogP contribution < -0.4 is 14.2 Å². The van der Waals surface area contributed by atoms with E-state index < -0.39 is 0 Å². The number of benzene rings is 3. The summed E-state index contributed by atoms with van der Waals surface area (Å²) in [6, 6.07) is 14.2. The third kappa shape index (κ3) is 3.58. The van der Waals surface area contributed by atoms with E-state index in [4.69, 9.17) is 14.2 Å². The zero-order valence-corrected chi connectivity index (χ0v) is 15.4. The van der Waals surface area contributed by atoms with Gasteiger partial charge in [0.15, 0.2) is 17.3 Å². The van der Waals surface area contributed by atoms with E-state index in [1.807, 2.05) is 30.3 Å². The van der Waals surface area contributed by atoms with Gasteiger partial charge in [-0.3, -0.25) is 4.79 Å². The summed E-state index contributed by atoms with van der Waals surface area (Å²) in [6.45, 7) is 0. The fourth-order valence-corrected chi connectivity index (χ4v) is 2.95. The molecule has 138 valence electrons. The van der Waals surface area contributed by atoms with Gasteiger partial charge in [-0.1, -0.05) is 24.3 Å². The van der Waals surface area contributed by atoms with Gasteiger partial charge in [0.25, 0.3) is 0 Å². The molecular formula is C22H20O5. The second-order valence-corrected chi connectivity index (χ2v) is 5.83. The van der Waals surface area contributed by atoms with Gasteiger partial charge >= 0.3 is 0 Å². The molecule has 0 fully saturated rings. The standard InChI is InChI=1S/C22H20O5/c1-25-15-8-9-18(20(24)13-15)19(23)11-10-17-16-7-5-4-6-14(16)12-21(26-2)22(17)27-3/h4-13,24H,1-3H3/b11-10+. The summed E-state index contributed by atoms with van der Waals surface area (Å²) in [6.07, 6.45) is 3.08. The SMILES string of the molecule is COc1ccc(C(=O)/C=C/c2c(OC)c(OC)cc3ccccc23)c(O)c1. The van der Waals surface area contributed by atoms with E-state index >= 15 is 0 Å². The fraction of sp³-hybridized carbons (Fsp3) is 0.136.